The van der Waals surface area contributed by atoms with Crippen molar-refractivity contribution < 1.29 is 0 Å². The van der Waals surface area contributed by atoms with Crippen molar-refractivity contribution in [1.82, 2.24) is 25.1 Å². The summed E-state index contributed by atoms with van der Waals surface area (Å²) in [7, 11) is 0. The second-order valence-corrected chi connectivity index (χ2v) is 7.42. The summed E-state index contributed by atoms with van der Waals surface area (Å²) in [6, 6.07) is 9.03. The van der Waals surface area contributed by atoms with E-state index in [0.29, 0.717) is 6.04 Å². The summed E-state index contributed by atoms with van der Waals surface area (Å²) in [5.41, 5.74) is 2.28. The molecule has 3 heterocycles. The van der Waals surface area contributed by atoms with Crippen LogP contribution in [0.15, 0.2) is 24.3 Å². The summed E-state index contributed by atoms with van der Waals surface area (Å²) in [5.74, 6) is 0.878. The van der Waals surface area contributed by atoms with Crippen LogP contribution >= 0.6 is 0 Å². The van der Waals surface area contributed by atoms with Gasteiger partial charge in [0.1, 0.15) is 0 Å². The lowest BCUT2D eigenvalue weighted by Gasteiger charge is -2.39. The number of aromatic nitrogens is 4. The highest BCUT2D eigenvalue weighted by atomic mass is 15.6. The summed E-state index contributed by atoms with van der Waals surface area (Å²) < 4.78 is 1.88. The fourth-order valence-corrected chi connectivity index (χ4v) is 4.13. The number of anilines is 1. The molecule has 2 aromatic rings. The van der Waals surface area contributed by atoms with Crippen LogP contribution in [0.4, 0.5) is 5.95 Å². The molecule has 1 aromatic carbocycles. The Labute approximate surface area is 149 Å². The van der Waals surface area contributed by atoms with Gasteiger partial charge in [0.15, 0.2) is 0 Å². The van der Waals surface area contributed by atoms with Crippen molar-refractivity contribution in [3.05, 3.63) is 29.8 Å². The van der Waals surface area contributed by atoms with Gasteiger partial charge in [-0.3, -0.25) is 4.90 Å². The van der Waals surface area contributed by atoms with Crippen LogP contribution in [0.25, 0.3) is 5.69 Å². The lowest BCUT2D eigenvalue weighted by molar-refractivity contribution is 0.181. The van der Waals surface area contributed by atoms with Gasteiger partial charge in [-0.2, -0.15) is 4.68 Å². The Kier molecular flexibility index (Phi) is 4.97. The second-order valence-electron chi connectivity index (χ2n) is 7.42. The Morgan fingerprint density at radius 2 is 1.68 bits per heavy atom. The van der Waals surface area contributed by atoms with E-state index < -0.39 is 0 Å². The molecule has 25 heavy (non-hydrogen) atoms. The van der Waals surface area contributed by atoms with E-state index in [0.717, 1.165) is 24.7 Å². The Bertz CT molecular complexity index is 671. The van der Waals surface area contributed by atoms with Crippen molar-refractivity contribution in [2.24, 2.45) is 0 Å². The van der Waals surface area contributed by atoms with E-state index in [1.54, 1.807) is 0 Å². The zero-order chi connectivity index (χ0) is 17.1. The predicted octanol–water partition coefficient (Wildman–Crippen LogP) is 2.82. The molecule has 6 nitrogen and oxygen atoms in total. The van der Waals surface area contributed by atoms with Gasteiger partial charge in [-0.05, 0) is 68.3 Å². The van der Waals surface area contributed by atoms with Crippen molar-refractivity contribution in [2.45, 2.75) is 51.5 Å². The fourth-order valence-electron chi connectivity index (χ4n) is 4.13. The van der Waals surface area contributed by atoms with Crippen LogP contribution in [0.2, 0.25) is 0 Å². The monoisotopic (exact) mass is 340 g/mol. The molecule has 1 atom stereocenters. The van der Waals surface area contributed by atoms with Crippen molar-refractivity contribution in [3.63, 3.8) is 0 Å². The molecule has 0 aliphatic carbocycles. The standard InChI is InChI=1S/C19H28N6/c1-16-8-10-17(11-9-16)25-19(20-21-22-25)24-14-6-7-18(15-24)23-12-4-2-3-5-13-23/h8-11,18H,2-7,12-15H2,1H3. The van der Waals surface area contributed by atoms with Crippen LogP contribution in [0.5, 0.6) is 0 Å². The van der Waals surface area contributed by atoms with Gasteiger partial charge in [-0.25, -0.2) is 0 Å². The number of aryl methyl sites for hydroxylation is 1. The zero-order valence-electron chi connectivity index (χ0n) is 15.1. The van der Waals surface area contributed by atoms with E-state index in [1.807, 2.05) is 4.68 Å². The molecule has 0 radical (unpaired) electrons. The Balaban J connectivity index is 1.52. The maximum absolute atomic E-state index is 4.35. The van der Waals surface area contributed by atoms with E-state index in [1.165, 1.54) is 57.2 Å². The minimum absolute atomic E-state index is 0.634. The summed E-state index contributed by atoms with van der Waals surface area (Å²) in [6.45, 7) is 6.67. The van der Waals surface area contributed by atoms with E-state index in [2.05, 4.69) is 56.5 Å². The Hall–Kier alpha value is -1.95. The number of rotatable bonds is 3. The van der Waals surface area contributed by atoms with Crippen molar-refractivity contribution >= 4 is 5.95 Å². The van der Waals surface area contributed by atoms with Crippen LogP contribution in [0.1, 0.15) is 44.1 Å². The molecule has 0 amide bonds. The first kappa shape index (κ1) is 16.5. The molecular formula is C19H28N6. The lowest BCUT2D eigenvalue weighted by atomic mass is 10.0. The number of likely N-dealkylation sites (tertiary alicyclic amines) is 1. The molecule has 2 aliphatic heterocycles. The van der Waals surface area contributed by atoms with Gasteiger partial charge in [0.25, 0.3) is 0 Å². The summed E-state index contributed by atoms with van der Waals surface area (Å²) in [6.07, 6.45) is 7.97. The zero-order valence-corrected chi connectivity index (χ0v) is 15.1. The van der Waals surface area contributed by atoms with Crippen molar-refractivity contribution in [2.75, 3.05) is 31.1 Å². The molecule has 6 heteroatoms. The average molecular weight is 340 g/mol. The van der Waals surface area contributed by atoms with Gasteiger partial charge in [0.05, 0.1) is 5.69 Å². The Morgan fingerprint density at radius 3 is 2.44 bits per heavy atom. The average Bonchev–Trinajstić information content (AvgIpc) is 2.97. The smallest absolute Gasteiger partial charge is 0.250 e. The number of benzene rings is 1. The third-order valence-electron chi connectivity index (χ3n) is 5.57. The van der Waals surface area contributed by atoms with Gasteiger partial charge in [-0.15, -0.1) is 0 Å². The quantitative estimate of drug-likeness (QED) is 0.860. The molecular weight excluding hydrogens is 312 g/mol. The summed E-state index contributed by atoms with van der Waals surface area (Å²) in [5, 5.41) is 12.5. The van der Waals surface area contributed by atoms with Gasteiger partial charge >= 0.3 is 0 Å². The third-order valence-corrected chi connectivity index (χ3v) is 5.57. The van der Waals surface area contributed by atoms with Gasteiger partial charge < -0.3 is 4.90 Å². The lowest BCUT2D eigenvalue weighted by Crippen LogP contribution is -2.49. The van der Waals surface area contributed by atoms with Crippen LogP contribution in [-0.4, -0.2) is 57.3 Å². The molecule has 2 saturated heterocycles. The van der Waals surface area contributed by atoms with Crippen LogP contribution in [0, 0.1) is 6.92 Å². The molecule has 0 spiro atoms. The first-order valence-electron chi connectivity index (χ1n) is 9.66. The molecule has 2 aliphatic rings. The van der Waals surface area contributed by atoms with Gasteiger partial charge in [-0.1, -0.05) is 35.6 Å². The van der Waals surface area contributed by atoms with Crippen LogP contribution < -0.4 is 4.90 Å². The molecule has 1 unspecified atom stereocenters. The number of nitrogens with zero attached hydrogens (tertiary/aromatic N) is 6. The summed E-state index contributed by atoms with van der Waals surface area (Å²) >= 11 is 0. The normalized spacial score (nSPS) is 22.8. The number of piperidine rings is 1. The number of tetrazole rings is 1. The fraction of sp³-hybridized carbons (Fsp3) is 0.632. The van der Waals surface area contributed by atoms with Gasteiger partial charge in [0, 0.05) is 19.1 Å². The van der Waals surface area contributed by atoms with Crippen LogP contribution in [0.3, 0.4) is 0 Å². The molecule has 0 N–H and O–H groups in total. The maximum Gasteiger partial charge on any atom is 0.250 e. The van der Waals surface area contributed by atoms with E-state index in [-0.39, 0.29) is 0 Å². The molecule has 0 bridgehead atoms. The highest BCUT2D eigenvalue weighted by Crippen LogP contribution is 2.24. The maximum atomic E-state index is 4.35. The third kappa shape index (κ3) is 3.68. The predicted molar refractivity (Wildman–Crippen MR) is 99.2 cm³/mol. The van der Waals surface area contributed by atoms with Crippen molar-refractivity contribution in [3.8, 4) is 5.69 Å². The minimum atomic E-state index is 0.634. The van der Waals surface area contributed by atoms with E-state index in [4.69, 9.17) is 0 Å². The SMILES string of the molecule is Cc1ccc(-n2nnnc2N2CCCC(N3CCCCCC3)C2)cc1. The number of hydrogen-bond donors (Lipinski definition) is 0. The largest absolute Gasteiger partial charge is 0.338 e. The molecule has 2 fully saturated rings. The molecule has 4 rings (SSSR count). The highest BCUT2D eigenvalue weighted by molar-refractivity contribution is 5.42. The Morgan fingerprint density at radius 1 is 0.920 bits per heavy atom. The first-order chi connectivity index (χ1) is 12.3. The van der Waals surface area contributed by atoms with E-state index >= 15 is 0 Å². The molecule has 1 aromatic heterocycles. The minimum Gasteiger partial charge on any atom is -0.338 e. The second kappa shape index (κ2) is 7.52. The summed E-state index contributed by atoms with van der Waals surface area (Å²) in [4.78, 5) is 5.08. The van der Waals surface area contributed by atoms with E-state index in [9.17, 15) is 0 Å². The molecule has 134 valence electrons. The topological polar surface area (TPSA) is 50.1 Å². The first-order valence-corrected chi connectivity index (χ1v) is 9.66. The highest BCUT2D eigenvalue weighted by Gasteiger charge is 2.28. The van der Waals surface area contributed by atoms with Crippen LogP contribution in [-0.2, 0) is 0 Å². The molecule has 0 saturated carbocycles. The number of hydrogen-bond acceptors (Lipinski definition) is 5. The van der Waals surface area contributed by atoms with Gasteiger partial charge in [0.2, 0.25) is 5.95 Å². The van der Waals surface area contributed by atoms with Crippen molar-refractivity contribution in [1.29, 1.82) is 0 Å².